The highest BCUT2D eigenvalue weighted by Crippen LogP contribution is 2.30. The lowest BCUT2D eigenvalue weighted by atomic mass is 10.0. The summed E-state index contributed by atoms with van der Waals surface area (Å²) in [6, 6.07) is 0.360. The summed E-state index contributed by atoms with van der Waals surface area (Å²) in [7, 11) is 19.8. The predicted molar refractivity (Wildman–Crippen MR) is 371 cm³/mol. The molecular formula is C65H105N15O18S2. The Labute approximate surface area is 593 Å². The fraction of sp³-hybridized carbons (Fsp3) is 0.677. The molecule has 0 aromatic carbocycles. The number of aryl methyl sites for hydroxylation is 1. The van der Waals surface area contributed by atoms with Gasteiger partial charge in [0, 0.05) is 97.5 Å². The number of ketones is 1. The van der Waals surface area contributed by atoms with Crippen LogP contribution in [0.25, 0.3) is 0 Å². The summed E-state index contributed by atoms with van der Waals surface area (Å²) in [5.41, 5.74) is 0.291. The number of hydrogen-bond donors (Lipinski definition) is 6. The van der Waals surface area contributed by atoms with Crippen molar-refractivity contribution in [3.05, 3.63) is 46.0 Å². The number of amides is 11. The van der Waals surface area contributed by atoms with Crippen molar-refractivity contribution < 1.29 is 80.7 Å². The number of nitrogens with zero attached hydrogens (tertiary/aromatic N) is 9. The average Bonchev–Trinajstić information content (AvgIpc) is 1.30. The van der Waals surface area contributed by atoms with Crippen LogP contribution in [0.2, 0.25) is 0 Å². The zero-order valence-electron chi connectivity index (χ0n) is 59.9. The second kappa shape index (κ2) is 47.2. The molecule has 3 rings (SSSR count). The fourth-order valence-corrected chi connectivity index (χ4v) is 11.9. The molecule has 33 nitrogen and oxygen atoms in total. The summed E-state index contributed by atoms with van der Waals surface area (Å²) in [5.74, 6) is -5.63. The lowest BCUT2D eigenvalue weighted by molar-refractivity contribution is -0.198. The maximum absolute atomic E-state index is 14.3. The smallest absolute Gasteiger partial charge is 0.441 e. The molecule has 0 radical (unpaired) electrons. The fourth-order valence-electron chi connectivity index (χ4n) is 9.92. The first-order chi connectivity index (χ1) is 47.4. The molecule has 0 unspecified atom stereocenters. The van der Waals surface area contributed by atoms with E-state index in [1.807, 2.05) is 0 Å². The van der Waals surface area contributed by atoms with Gasteiger partial charge in [-0.3, -0.25) is 52.7 Å². The standard InChI is InChI=1S/C65H105N15O18S2/c1-45-51(97-65(94)96-45)44-95-64(93)77(10)34-19-24-50(81)49(38-60(89)98-80-58(87)28-29-59(80)88)78(11)57(86)25-13-12-18-37-99-100-56-27-26-46(39-70-56)63(92)79(35-20-32-68-61(90)47(71-54(84)42-75(6)7)22-14-16-30-66-52(82)40-73(2)3)36-21-33-69-62(91)48(72-55(85)43-76(8)9)23-15-17-31-67-53(83)41-74(4)5/h26-27,39,47-49H,12-25,28-38,40-44H2,1-11H3,(H,66,82)(H,67,83)(H,68,90)(H,69,91)(H,71,84)(H,72,85)/t47-,48-,49-/m0/s1. The minimum absolute atomic E-state index is 0.0246. The van der Waals surface area contributed by atoms with Gasteiger partial charge in [-0.2, -0.15) is 0 Å². The molecule has 1 aliphatic rings. The number of carbonyl (C=O) groups is 13. The molecule has 0 aliphatic carbocycles. The number of unbranched alkanes of at least 4 members (excludes halogenated alkanes) is 4. The third-order valence-corrected chi connectivity index (χ3v) is 17.5. The molecule has 3 atom stereocenters. The van der Waals surface area contributed by atoms with Crippen molar-refractivity contribution in [2.24, 2.45) is 0 Å². The summed E-state index contributed by atoms with van der Waals surface area (Å²) in [6.07, 6.45) is 4.97. The average molecular weight is 1450 g/mol. The van der Waals surface area contributed by atoms with Crippen LogP contribution >= 0.6 is 21.6 Å². The molecular weight excluding hydrogens is 1340 g/mol. The highest BCUT2D eigenvalue weighted by molar-refractivity contribution is 8.76. The van der Waals surface area contributed by atoms with Crippen LogP contribution in [0.15, 0.2) is 37.0 Å². The van der Waals surface area contributed by atoms with Gasteiger partial charge in [-0.05, 0) is 157 Å². The third kappa shape index (κ3) is 35.4. The van der Waals surface area contributed by atoms with Gasteiger partial charge in [-0.25, -0.2) is 19.4 Å². The third-order valence-electron chi connectivity index (χ3n) is 15.1. The van der Waals surface area contributed by atoms with Crippen LogP contribution in [-0.2, 0) is 68.9 Å². The predicted octanol–water partition coefficient (Wildman–Crippen LogP) is 0.923. The number of carbonyl (C=O) groups excluding carboxylic acids is 13. The van der Waals surface area contributed by atoms with E-state index in [0.29, 0.717) is 105 Å². The first-order valence-electron chi connectivity index (χ1n) is 33.6. The van der Waals surface area contributed by atoms with Crippen LogP contribution in [0.3, 0.4) is 0 Å². The molecule has 35 heteroatoms. The van der Waals surface area contributed by atoms with E-state index in [-0.39, 0.29) is 139 Å². The number of likely N-dealkylation sites (N-methyl/N-ethyl adjacent to an activating group) is 5. The van der Waals surface area contributed by atoms with Crippen LogP contribution in [0.1, 0.15) is 131 Å². The molecule has 0 saturated carbocycles. The molecule has 3 heterocycles. The Kier molecular flexibility index (Phi) is 40.7. The van der Waals surface area contributed by atoms with E-state index < -0.39 is 77.8 Å². The molecule has 560 valence electrons. The minimum Gasteiger partial charge on any atom is -0.441 e. The van der Waals surface area contributed by atoms with E-state index in [0.717, 1.165) is 4.90 Å². The Bertz CT molecular complexity index is 2960. The molecule has 1 fully saturated rings. The molecule has 2 aromatic heterocycles. The van der Waals surface area contributed by atoms with Crippen LogP contribution < -0.4 is 37.7 Å². The molecule has 0 spiro atoms. The lowest BCUT2D eigenvalue weighted by Gasteiger charge is -2.27. The Morgan fingerprint density at radius 3 is 1.60 bits per heavy atom. The highest BCUT2D eigenvalue weighted by Gasteiger charge is 2.36. The number of hydroxylamine groups is 2. The molecule has 100 heavy (non-hydrogen) atoms. The Hall–Kier alpha value is -7.99. The van der Waals surface area contributed by atoms with Gasteiger partial charge in [-0.15, -0.1) is 5.06 Å². The summed E-state index contributed by atoms with van der Waals surface area (Å²) in [6.45, 7) is 3.26. The van der Waals surface area contributed by atoms with Crippen molar-refractivity contribution in [2.45, 2.75) is 146 Å². The van der Waals surface area contributed by atoms with E-state index in [2.05, 4.69) is 36.9 Å². The summed E-state index contributed by atoms with van der Waals surface area (Å²) < 4.78 is 14.8. The van der Waals surface area contributed by atoms with Gasteiger partial charge < -0.3 is 84.6 Å². The van der Waals surface area contributed by atoms with Crippen molar-refractivity contribution in [1.82, 2.24) is 76.2 Å². The number of imide groups is 1. The molecule has 1 aliphatic heterocycles. The number of nitrogens with one attached hydrogen (secondary N) is 6. The highest BCUT2D eigenvalue weighted by atomic mass is 33.1. The maximum atomic E-state index is 14.3. The van der Waals surface area contributed by atoms with Crippen LogP contribution in [0.4, 0.5) is 4.79 Å². The minimum atomic E-state index is -1.32. The van der Waals surface area contributed by atoms with Crippen molar-refractivity contribution in [2.75, 3.05) is 148 Å². The van der Waals surface area contributed by atoms with E-state index in [9.17, 15) is 67.1 Å². The zero-order chi connectivity index (χ0) is 74.3. The quantitative estimate of drug-likeness (QED) is 0.0305. The Balaban J connectivity index is 1.63. The van der Waals surface area contributed by atoms with Gasteiger partial charge in [0.25, 0.3) is 17.7 Å². The van der Waals surface area contributed by atoms with Gasteiger partial charge in [-0.1, -0.05) is 17.2 Å². The second-order valence-corrected chi connectivity index (χ2v) is 27.8. The van der Waals surface area contributed by atoms with Crippen LogP contribution in [0.5, 0.6) is 0 Å². The van der Waals surface area contributed by atoms with Gasteiger partial charge in [0.2, 0.25) is 41.4 Å². The van der Waals surface area contributed by atoms with Gasteiger partial charge >= 0.3 is 17.9 Å². The number of hydrogen-bond acceptors (Lipinski definition) is 25. The second-order valence-electron chi connectivity index (χ2n) is 25.3. The maximum Gasteiger partial charge on any atom is 0.519 e. The monoisotopic (exact) mass is 1450 g/mol. The van der Waals surface area contributed by atoms with Gasteiger partial charge in [0.05, 0.1) is 38.2 Å². The SMILES string of the molecule is Cc1oc(=O)oc1COC(=O)N(C)CCCC(=O)[C@H](CC(=O)ON1C(=O)CCC1=O)N(C)C(=O)CCCCCSSc1ccc(C(=O)N(CCCNC(=O)[C@H](CCCCNC(=O)CN(C)C)NC(=O)CN(C)C)CCCNC(=O)[C@H](CCCCNC(=O)CN(C)C)NC(=O)CN(C)C)cn1. The molecule has 1 saturated heterocycles. The number of aromatic nitrogens is 1. The van der Waals surface area contributed by atoms with E-state index >= 15 is 0 Å². The number of ether oxygens (including phenoxy) is 1. The molecule has 11 amide bonds. The van der Waals surface area contributed by atoms with Crippen molar-refractivity contribution >= 4 is 98.5 Å². The van der Waals surface area contributed by atoms with Crippen LogP contribution in [-0.4, -0.2) is 288 Å². The largest absolute Gasteiger partial charge is 0.519 e. The lowest BCUT2D eigenvalue weighted by Crippen LogP contribution is -2.49. The first kappa shape index (κ1) is 86.2. The van der Waals surface area contributed by atoms with E-state index in [1.54, 1.807) is 93.0 Å². The Morgan fingerprint density at radius 2 is 1.11 bits per heavy atom. The number of rotatable bonds is 50. The van der Waals surface area contributed by atoms with Gasteiger partial charge in [0.15, 0.2) is 23.9 Å². The Morgan fingerprint density at radius 1 is 0.590 bits per heavy atom. The van der Waals surface area contributed by atoms with Crippen LogP contribution in [0, 0.1) is 6.92 Å². The summed E-state index contributed by atoms with van der Waals surface area (Å²) in [4.78, 5) is 201. The molecule has 0 bridgehead atoms. The topological polar surface area (TPSA) is 395 Å². The summed E-state index contributed by atoms with van der Waals surface area (Å²) >= 11 is 0. The molecule has 2 aromatic rings. The van der Waals surface area contributed by atoms with Crippen molar-refractivity contribution in [3.8, 4) is 0 Å². The first-order valence-corrected chi connectivity index (χ1v) is 35.9. The van der Waals surface area contributed by atoms with Crippen molar-refractivity contribution in [3.63, 3.8) is 0 Å². The van der Waals surface area contributed by atoms with Crippen molar-refractivity contribution in [1.29, 1.82) is 0 Å². The van der Waals surface area contributed by atoms with Gasteiger partial charge in [0.1, 0.15) is 23.2 Å². The zero-order valence-corrected chi connectivity index (χ0v) is 61.5. The number of pyridine rings is 1. The number of Topliss-reactive ketones (excluding diaryl/α,β-unsaturated/α-hetero) is 1. The summed E-state index contributed by atoms with van der Waals surface area (Å²) in [5, 5.41) is 18.2. The normalized spacial score (nSPS) is 13.0. The van der Waals surface area contributed by atoms with E-state index in [4.69, 9.17) is 18.4 Å². The molecule has 6 N–H and O–H groups in total. The van der Waals surface area contributed by atoms with E-state index in [1.165, 1.54) is 53.7 Å².